The number of nitrogens with zero attached hydrogens (tertiary/aromatic N) is 1. The van der Waals surface area contributed by atoms with Crippen LogP contribution in [0.4, 0.5) is 4.39 Å². The van der Waals surface area contributed by atoms with Gasteiger partial charge in [-0.2, -0.15) is 0 Å². The van der Waals surface area contributed by atoms with Gasteiger partial charge in [0.25, 0.3) is 0 Å². The molecule has 15 heavy (non-hydrogen) atoms. The minimum atomic E-state index is -0.361. The lowest BCUT2D eigenvalue weighted by atomic mass is 10.2. The summed E-state index contributed by atoms with van der Waals surface area (Å²) in [5, 5.41) is 0.459. The standard InChI is InChI=1S/C10H7BrClFN2/c1-5-4-14-10(15-5)8-7(13)3-2-6(12)9(8)11/h2-4H,1H3,(H,14,15). The number of aromatic nitrogens is 2. The van der Waals surface area contributed by atoms with Gasteiger partial charge in [0.1, 0.15) is 11.6 Å². The van der Waals surface area contributed by atoms with E-state index in [-0.39, 0.29) is 5.82 Å². The van der Waals surface area contributed by atoms with Crippen molar-refractivity contribution in [3.05, 3.63) is 39.3 Å². The van der Waals surface area contributed by atoms with Gasteiger partial charge in [-0.1, -0.05) is 11.6 Å². The van der Waals surface area contributed by atoms with E-state index >= 15 is 0 Å². The molecule has 0 aliphatic rings. The second-order valence-electron chi connectivity index (χ2n) is 3.13. The van der Waals surface area contributed by atoms with E-state index in [9.17, 15) is 4.39 Å². The largest absolute Gasteiger partial charge is 0.342 e. The Labute approximate surface area is 99.6 Å². The number of benzene rings is 1. The first kappa shape index (κ1) is 10.6. The molecule has 2 rings (SSSR count). The SMILES string of the molecule is Cc1cnc(-c2c(F)ccc(Cl)c2Br)[nH]1. The summed E-state index contributed by atoms with van der Waals surface area (Å²) in [7, 11) is 0. The van der Waals surface area contributed by atoms with Crippen molar-refractivity contribution in [2.75, 3.05) is 0 Å². The Morgan fingerprint density at radius 2 is 2.20 bits per heavy atom. The Balaban J connectivity index is 2.66. The summed E-state index contributed by atoms with van der Waals surface area (Å²) in [6.07, 6.45) is 1.64. The zero-order valence-corrected chi connectivity index (χ0v) is 10.2. The van der Waals surface area contributed by atoms with Gasteiger partial charge >= 0.3 is 0 Å². The van der Waals surface area contributed by atoms with Crippen molar-refractivity contribution < 1.29 is 4.39 Å². The van der Waals surface area contributed by atoms with Crippen LogP contribution < -0.4 is 0 Å². The van der Waals surface area contributed by atoms with Crippen molar-refractivity contribution in [1.29, 1.82) is 0 Å². The van der Waals surface area contributed by atoms with Crippen LogP contribution in [0.5, 0.6) is 0 Å². The maximum Gasteiger partial charge on any atom is 0.141 e. The topological polar surface area (TPSA) is 28.7 Å². The molecule has 0 saturated heterocycles. The normalized spacial score (nSPS) is 10.7. The molecule has 0 bridgehead atoms. The minimum Gasteiger partial charge on any atom is -0.342 e. The summed E-state index contributed by atoms with van der Waals surface area (Å²) in [5.41, 5.74) is 1.23. The summed E-state index contributed by atoms with van der Waals surface area (Å²) in [5.74, 6) is 0.111. The maximum atomic E-state index is 13.6. The Morgan fingerprint density at radius 3 is 2.80 bits per heavy atom. The molecule has 0 unspecified atom stereocenters. The highest BCUT2D eigenvalue weighted by molar-refractivity contribution is 9.10. The lowest BCUT2D eigenvalue weighted by Crippen LogP contribution is -1.89. The first-order chi connectivity index (χ1) is 7.09. The quantitative estimate of drug-likeness (QED) is 0.792. The maximum absolute atomic E-state index is 13.6. The third-order valence-electron chi connectivity index (χ3n) is 1.98. The third-order valence-corrected chi connectivity index (χ3v) is 3.35. The van der Waals surface area contributed by atoms with Gasteiger partial charge in [-0.3, -0.25) is 0 Å². The number of nitrogens with one attached hydrogen (secondary N) is 1. The van der Waals surface area contributed by atoms with Gasteiger partial charge in [-0.05, 0) is 35.0 Å². The van der Waals surface area contributed by atoms with E-state index in [1.54, 1.807) is 6.20 Å². The van der Waals surface area contributed by atoms with Crippen LogP contribution in [0.15, 0.2) is 22.8 Å². The first-order valence-electron chi connectivity index (χ1n) is 4.25. The number of aromatic amines is 1. The van der Waals surface area contributed by atoms with Crippen LogP contribution in [-0.2, 0) is 0 Å². The van der Waals surface area contributed by atoms with Gasteiger partial charge in [0.05, 0.1) is 15.1 Å². The van der Waals surface area contributed by atoms with Gasteiger partial charge in [-0.15, -0.1) is 0 Å². The molecule has 0 spiro atoms. The summed E-state index contributed by atoms with van der Waals surface area (Å²) in [4.78, 5) is 7.03. The molecule has 0 saturated carbocycles. The van der Waals surface area contributed by atoms with Crippen molar-refractivity contribution in [1.82, 2.24) is 9.97 Å². The van der Waals surface area contributed by atoms with Gasteiger partial charge in [0.2, 0.25) is 0 Å². The summed E-state index contributed by atoms with van der Waals surface area (Å²) >= 11 is 9.13. The fourth-order valence-corrected chi connectivity index (χ4v) is 1.95. The smallest absolute Gasteiger partial charge is 0.141 e. The lowest BCUT2D eigenvalue weighted by Gasteiger charge is -2.04. The number of hydrogen-bond acceptors (Lipinski definition) is 1. The molecule has 0 aliphatic carbocycles. The van der Waals surface area contributed by atoms with Gasteiger partial charge in [0.15, 0.2) is 0 Å². The lowest BCUT2D eigenvalue weighted by molar-refractivity contribution is 0.629. The molecule has 1 heterocycles. The number of imidazole rings is 1. The second-order valence-corrected chi connectivity index (χ2v) is 4.33. The average molecular weight is 290 g/mol. The highest BCUT2D eigenvalue weighted by Gasteiger charge is 2.14. The Morgan fingerprint density at radius 1 is 1.47 bits per heavy atom. The van der Waals surface area contributed by atoms with Crippen molar-refractivity contribution in [3.63, 3.8) is 0 Å². The molecule has 0 atom stereocenters. The number of rotatable bonds is 1. The fraction of sp³-hybridized carbons (Fsp3) is 0.100. The number of hydrogen-bond donors (Lipinski definition) is 1. The molecule has 0 amide bonds. The molecule has 0 aliphatic heterocycles. The van der Waals surface area contributed by atoms with Crippen LogP contribution in [0.25, 0.3) is 11.4 Å². The molecule has 0 radical (unpaired) electrons. The van der Waals surface area contributed by atoms with Crippen molar-refractivity contribution in [3.8, 4) is 11.4 Å². The summed E-state index contributed by atoms with van der Waals surface area (Å²) < 4.78 is 14.1. The van der Waals surface area contributed by atoms with Crippen molar-refractivity contribution in [2.24, 2.45) is 0 Å². The molecule has 2 aromatic rings. The number of aryl methyl sites for hydroxylation is 1. The Hall–Kier alpha value is -0.870. The predicted molar refractivity (Wildman–Crippen MR) is 61.4 cm³/mol. The number of halogens is 3. The average Bonchev–Trinajstić information content (AvgIpc) is 2.59. The molecular weight excluding hydrogens is 282 g/mol. The van der Waals surface area contributed by atoms with Gasteiger partial charge in [-0.25, -0.2) is 9.37 Å². The molecule has 78 valence electrons. The Kier molecular flexibility index (Phi) is 2.80. The number of H-pyrrole nitrogens is 1. The van der Waals surface area contributed by atoms with Crippen LogP contribution in [0.1, 0.15) is 5.69 Å². The zero-order valence-electron chi connectivity index (χ0n) is 7.81. The van der Waals surface area contributed by atoms with E-state index in [0.29, 0.717) is 20.9 Å². The highest BCUT2D eigenvalue weighted by atomic mass is 79.9. The molecule has 0 fully saturated rings. The van der Waals surface area contributed by atoms with Crippen molar-refractivity contribution >= 4 is 27.5 Å². The van der Waals surface area contributed by atoms with Crippen LogP contribution in [0, 0.1) is 12.7 Å². The molecule has 5 heteroatoms. The highest BCUT2D eigenvalue weighted by Crippen LogP contribution is 2.34. The van der Waals surface area contributed by atoms with E-state index in [2.05, 4.69) is 25.9 Å². The second kappa shape index (κ2) is 3.94. The monoisotopic (exact) mass is 288 g/mol. The van der Waals surface area contributed by atoms with Crippen LogP contribution in [0.2, 0.25) is 5.02 Å². The van der Waals surface area contributed by atoms with E-state index in [1.807, 2.05) is 6.92 Å². The molecule has 1 aromatic heterocycles. The third kappa shape index (κ3) is 1.92. The molecule has 1 N–H and O–H groups in total. The van der Waals surface area contributed by atoms with Crippen LogP contribution in [-0.4, -0.2) is 9.97 Å². The fourth-order valence-electron chi connectivity index (χ4n) is 1.28. The van der Waals surface area contributed by atoms with E-state index in [0.717, 1.165) is 5.69 Å². The summed E-state index contributed by atoms with van der Waals surface area (Å²) in [6, 6.07) is 2.82. The van der Waals surface area contributed by atoms with Crippen LogP contribution in [0.3, 0.4) is 0 Å². The summed E-state index contributed by atoms with van der Waals surface area (Å²) in [6.45, 7) is 1.85. The predicted octanol–water partition coefficient (Wildman–Crippen LogP) is 3.94. The zero-order chi connectivity index (χ0) is 11.0. The van der Waals surface area contributed by atoms with E-state index in [4.69, 9.17) is 11.6 Å². The van der Waals surface area contributed by atoms with Gasteiger partial charge < -0.3 is 4.98 Å². The van der Waals surface area contributed by atoms with Crippen molar-refractivity contribution in [2.45, 2.75) is 6.92 Å². The van der Waals surface area contributed by atoms with E-state index < -0.39 is 0 Å². The first-order valence-corrected chi connectivity index (χ1v) is 5.42. The Bertz CT molecular complexity index is 510. The molecule has 2 nitrogen and oxygen atoms in total. The van der Waals surface area contributed by atoms with Gasteiger partial charge in [0, 0.05) is 11.9 Å². The van der Waals surface area contributed by atoms with E-state index in [1.165, 1.54) is 12.1 Å². The van der Waals surface area contributed by atoms with Crippen LogP contribution >= 0.6 is 27.5 Å². The molecule has 1 aromatic carbocycles. The minimum absolute atomic E-state index is 0.357. The molecular formula is C10H7BrClFN2.